The third kappa shape index (κ3) is 6.17. The molecule has 1 unspecified atom stereocenters. The van der Waals surface area contributed by atoms with E-state index in [0.717, 1.165) is 42.4 Å². The molecule has 2 aromatic carbocycles. The quantitative estimate of drug-likeness (QED) is 0.549. The zero-order valence-electron chi connectivity index (χ0n) is 18.8. The summed E-state index contributed by atoms with van der Waals surface area (Å²) in [6.45, 7) is 5.56. The number of hydrogen-bond acceptors (Lipinski definition) is 3. The largest absolute Gasteiger partial charge is 0.484 e. The zero-order valence-corrected chi connectivity index (χ0v) is 20.3. The molecule has 0 aromatic heterocycles. The molecular formula is C25H30Cl2N2O3. The molecule has 0 heterocycles. The van der Waals surface area contributed by atoms with Gasteiger partial charge < -0.3 is 15.0 Å². The van der Waals surface area contributed by atoms with Crippen LogP contribution in [0.15, 0.2) is 36.4 Å². The van der Waals surface area contributed by atoms with Gasteiger partial charge in [0.2, 0.25) is 5.91 Å². The van der Waals surface area contributed by atoms with Gasteiger partial charge in [0.15, 0.2) is 6.61 Å². The molecule has 1 fully saturated rings. The topological polar surface area (TPSA) is 58.6 Å². The number of nitrogens with zero attached hydrogens (tertiary/aromatic N) is 1. The van der Waals surface area contributed by atoms with E-state index in [1.54, 1.807) is 25.1 Å². The van der Waals surface area contributed by atoms with Crippen LogP contribution < -0.4 is 10.1 Å². The smallest absolute Gasteiger partial charge is 0.261 e. The van der Waals surface area contributed by atoms with E-state index in [4.69, 9.17) is 27.9 Å². The monoisotopic (exact) mass is 476 g/mol. The molecule has 1 aliphatic carbocycles. The molecule has 32 heavy (non-hydrogen) atoms. The molecule has 0 bridgehead atoms. The van der Waals surface area contributed by atoms with Crippen molar-refractivity contribution < 1.29 is 14.3 Å². The van der Waals surface area contributed by atoms with Gasteiger partial charge in [-0.2, -0.15) is 0 Å². The first-order valence-corrected chi connectivity index (χ1v) is 11.7. The van der Waals surface area contributed by atoms with E-state index in [0.29, 0.717) is 15.8 Å². The van der Waals surface area contributed by atoms with E-state index in [-0.39, 0.29) is 31.0 Å². The molecule has 2 aromatic rings. The molecule has 1 N–H and O–H groups in total. The summed E-state index contributed by atoms with van der Waals surface area (Å²) >= 11 is 12.6. The van der Waals surface area contributed by atoms with Gasteiger partial charge in [-0.05, 0) is 68.5 Å². The Morgan fingerprint density at radius 1 is 1.12 bits per heavy atom. The highest BCUT2D eigenvalue weighted by atomic mass is 35.5. The molecular weight excluding hydrogens is 447 g/mol. The Labute approximate surface area is 200 Å². The van der Waals surface area contributed by atoms with Crippen molar-refractivity contribution in [3.8, 4) is 5.75 Å². The fraction of sp³-hybridized carbons (Fsp3) is 0.440. The molecule has 172 valence electrons. The van der Waals surface area contributed by atoms with Gasteiger partial charge in [-0.3, -0.25) is 9.59 Å². The number of halogens is 2. The second-order valence-electron chi connectivity index (χ2n) is 8.44. The lowest BCUT2D eigenvalue weighted by Crippen LogP contribution is -2.50. The summed E-state index contributed by atoms with van der Waals surface area (Å²) in [6, 6.07) is 10.5. The standard InChI is InChI=1S/C25H30Cl2N2O3/c1-16-12-21(13-17(2)24(16)27)32-15-23(30)29(14-19-8-4-7-11-22(19)26)18(3)25(31)28-20-9-5-6-10-20/h4,7-8,11-13,18,20H,5-6,9-10,14-15H2,1-3H3,(H,28,31). The number of ether oxygens (including phenoxy) is 1. The number of nitrogens with one attached hydrogen (secondary N) is 1. The molecule has 0 spiro atoms. The van der Waals surface area contributed by atoms with E-state index in [2.05, 4.69) is 5.32 Å². The summed E-state index contributed by atoms with van der Waals surface area (Å²) in [4.78, 5) is 27.7. The minimum atomic E-state index is -0.656. The second-order valence-corrected chi connectivity index (χ2v) is 9.22. The van der Waals surface area contributed by atoms with Gasteiger partial charge in [-0.15, -0.1) is 0 Å². The molecule has 0 radical (unpaired) electrons. The fourth-order valence-electron chi connectivity index (χ4n) is 4.00. The number of carbonyl (C=O) groups is 2. The highest BCUT2D eigenvalue weighted by Crippen LogP contribution is 2.26. The Morgan fingerprint density at radius 2 is 1.75 bits per heavy atom. The first kappa shape index (κ1) is 24.4. The minimum absolute atomic E-state index is 0.157. The Bertz CT molecular complexity index is 950. The number of carbonyl (C=O) groups excluding carboxylic acids is 2. The number of amides is 2. The Kier molecular flexibility index (Phi) is 8.44. The third-order valence-electron chi connectivity index (χ3n) is 5.94. The lowest BCUT2D eigenvalue weighted by Gasteiger charge is -2.30. The van der Waals surface area contributed by atoms with E-state index in [1.807, 2.05) is 32.0 Å². The van der Waals surface area contributed by atoms with Crippen LogP contribution in [0.2, 0.25) is 10.0 Å². The number of benzene rings is 2. The molecule has 2 amide bonds. The summed E-state index contributed by atoms with van der Waals surface area (Å²) in [5.74, 6) is 0.123. The van der Waals surface area contributed by atoms with Crippen molar-refractivity contribution in [3.05, 3.63) is 63.1 Å². The third-order valence-corrected chi connectivity index (χ3v) is 6.90. The van der Waals surface area contributed by atoms with Gasteiger partial charge in [-0.25, -0.2) is 0 Å². The number of rotatable bonds is 8. The van der Waals surface area contributed by atoms with Gasteiger partial charge in [-0.1, -0.05) is 54.2 Å². The Hall–Kier alpha value is -2.24. The number of hydrogen-bond donors (Lipinski definition) is 1. The van der Waals surface area contributed by atoms with Gasteiger partial charge in [0.1, 0.15) is 11.8 Å². The first-order chi connectivity index (χ1) is 15.3. The molecule has 0 aliphatic heterocycles. The van der Waals surface area contributed by atoms with Crippen molar-refractivity contribution in [1.29, 1.82) is 0 Å². The van der Waals surface area contributed by atoms with E-state index in [9.17, 15) is 9.59 Å². The second kappa shape index (κ2) is 11.1. The minimum Gasteiger partial charge on any atom is -0.484 e. The van der Waals surface area contributed by atoms with E-state index < -0.39 is 6.04 Å². The van der Waals surface area contributed by atoms with Crippen LogP contribution in [-0.4, -0.2) is 35.4 Å². The first-order valence-electron chi connectivity index (χ1n) is 11.0. The fourth-order valence-corrected chi connectivity index (χ4v) is 4.31. The van der Waals surface area contributed by atoms with Crippen LogP contribution >= 0.6 is 23.2 Å². The zero-order chi connectivity index (χ0) is 23.3. The Balaban J connectivity index is 1.75. The maximum Gasteiger partial charge on any atom is 0.261 e. The van der Waals surface area contributed by atoms with Crippen LogP contribution in [0.25, 0.3) is 0 Å². The SMILES string of the molecule is Cc1cc(OCC(=O)N(Cc2ccccc2Cl)C(C)C(=O)NC2CCCC2)cc(C)c1Cl. The van der Waals surface area contributed by atoms with Crippen molar-refractivity contribution in [1.82, 2.24) is 10.2 Å². The van der Waals surface area contributed by atoms with Gasteiger partial charge in [0.25, 0.3) is 5.91 Å². The summed E-state index contributed by atoms with van der Waals surface area (Å²) in [7, 11) is 0. The van der Waals surface area contributed by atoms with Crippen molar-refractivity contribution >= 4 is 35.0 Å². The summed E-state index contributed by atoms with van der Waals surface area (Å²) in [5, 5.41) is 4.32. The molecule has 1 atom stereocenters. The average molecular weight is 477 g/mol. The Morgan fingerprint density at radius 3 is 2.38 bits per heavy atom. The maximum atomic E-state index is 13.2. The molecule has 1 saturated carbocycles. The van der Waals surface area contributed by atoms with Crippen LogP contribution in [0.3, 0.4) is 0 Å². The lowest BCUT2D eigenvalue weighted by molar-refractivity contribution is -0.142. The lowest BCUT2D eigenvalue weighted by atomic mass is 10.1. The highest BCUT2D eigenvalue weighted by Gasteiger charge is 2.29. The summed E-state index contributed by atoms with van der Waals surface area (Å²) in [5.41, 5.74) is 2.54. The van der Waals surface area contributed by atoms with E-state index in [1.165, 1.54) is 4.90 Å². The number of aryl methyl sites for hydroxylation is 2. The van der Waals surface area contributed by atoms with Crippen molar-refractivity contribution in [3.63, 3.8) is 0 Å². The summed E-state index contributed by atoms with van der Waals surface area (Å²) in [6.07, 6.45) is 4.20. The molecule has 3 rings (SSSR count). The van der Waals surface area contributed by atoms with Crippen molar-refractivity contribution in [2.24, 2.45) is 0 Å². The van der Waals surface area contributed by atoms with Crippen molar-refractivity contribution in [2.75, 3.05) is 6.61 Å². The predicted molar refractivity (Wildman–Crippen MR) is 128 cm³/mol. The van der Waals surface area contributed by atoms with Crippen LogP contribution in [0.1, 0.15) is 49.3 Å². The predicted octanol–water partition coefficient (Wildman–Crippen LogP) is 5.47. The van der Waals surface area contributed by atoms with Crippen LogP contribution in [0.4, 0.5) is 0 Å². The maximum absolute atomic E-state index is 13.2. The summed E-state index contributed by atoms with van der Waals surface area (Å²) < 4.78 is 5.78. The molecule has 0 saturated heterocycles. The van der Waals surface area contributed by atoms with E-state index >= 15 is 0 Å². The van der Waals surface area contributed by atoms with Crippen LogP contribution in [0, 0.1) is 13.8 Å². The van der Waals surface area contributed by atoms with Crippen LogP contribution in [-0.2, 0) is 16.1 Å². The van der Waals surface area contributed by atoms with Gasteiger partial charge in [0.05, 0.1) is 0 Å². The van der Waals surface area contributed by atoms with Crippen LogP contribution in [0.5, 0.6) is 5.75 Å². The molecule has 5 nitrogen and oxygen atoms in total. The molecule has 1 aliphatic rings. The van der Waals surface area contributed by atoms with Gasteiger partial charge in [0, 0.05) is 22.6 Å². The molecule has 7 heteroatoms. The highest BCUT2D eigenvalue weighted by molar-refractivity contribution is 6.32. The van der Waals surface area contributed by atoms with Crippen molar-refractivity contribution in [2.45, 2.75) is 65.1 Å². The van der Waals surface area contributed by atoms with Gasteiger partial charge >= 0.3 is 0 Å². The normalized spacial score (nSPS) is 14.8. The average Bonchev–Trinajstić information content (AvgIpc) is 3.27.